The molecule has 2 rings (SSSR count). The summed E-state index contributed by atoms with van der Waals surface area (Å²) in [4.78, 5) is 25.8. The molecule has 0 radical (unpaired) electrons. The van der Waals surface area contributed by atoms with Gasteiger partial charge in [-0.3, -0.25) is 9.59 Å². The Bertz CT molecular complexity index is 495. The molecule has 2 atom stereocenters. The van der Waals surface area contributed by atoms with Gasteiger partial charge in [0.25, 0.3) is 0 Å². The molecule has 1 aliphatic heterocycles. The van der Waals surface area contributed by atoms with Gasteiger partial charge in [-0.15, -0.1) is 12.4 Å². The van der Waals surface area contributed by atoms with Crippen LogP contribution in [0, 0.1) is 5.92 Å². The van der Waals surface area contributed by atoms with Crippen molar-refractivity contribution in [1.29, 1.82) is 0 Å². The van der Waals surface area contributed by atoms with Gasteiger partial charge in [-0.05, 0) is 12.0 Å². The molecule has 1 saturated heterocycles. The molecule has 6 heteroatoms. The van der Waals surface area contributed by atoms with Crippen LogP contribution in [0.3, 0.4) is 0 Å². The topological polar surface area (TPSA) is 75.4 Å². The number of hydrogen-bond acceptors (Lipinski definition) is 3. The van der Waals surface area contributed by atoms with Crippen molar-refractivity contribution in [3.8, 4) is 0 Å². The van der Waals surface area contributed by atoms with Gasteiger partial charge in [0.1, 0.15) is 0 Å². The quantitative estimate of drug-likeness (QED) is 0.832. The van der Waals surface area contributed by atoms with Gasteiger partial charge in [0, 0.05) is 32.0 Å². The number of likely N-dealkylation sites (tertiary alicyclic amines) is 1. The highest BCUT2D eigenvalue weighted by molar-refractivity contribution is 5.85. The third-order valence-corrected chi connectivity index (χ3v) is 3.89. The zero-order valence-corrected chi connectivity index (χ0v) is 13.6. The minimum atomic E-state index is -0.231. The molecular formula is C16H24ClN3O2. The van der Waals surface area contributed by atoms with E-state index in [9.17, 15) is 9.59 Å². The van der Waals surface area contributed by atoms with E-state index >= 15 is 0 Å². The third-order valence-electron chi connectivity index (χ3n) is 3.89. The zero-order valence-electron chi connectivity index (χ0n) is 12.8. The number of carbonyl (C=O) groups excluding carboxylic acids is 2. The molecule has 122 valence electrons. The second kappa shape index (κ2) is 8.76. The van der Waals surface area contributed by atoms with Crippen molar-refractivity contribution in [3.63, 3.8) is 0 Å². The summed E-state index contributed by atoms with van der Waals surface area (Å²) in [5.41, 5.74) is 6.56. The van der Waals surface area contributed by atoms with Gasteiger partial charge in [-0.1, -0.05) is 37.3 Å². The van der Waals surface area contributed by atoms with E-state index in [1.807, 2.05) is 35.2 Å². The maximum atomic E-state index is 12.1. The van der Waals surface area contributed by atoms with Crippen molar-refractivity contribution in [2.45, 2.75) is 25.8 Å². The van der Waals surface area contributed by atoms with Crippen LogP contribution in [0.4, 0.5) is 0 Å². The minimum absolute atomic E-state index is 0. The Kier molecular flexibility index (Phi) is 7.35. The van der Waals surface area contributed by atoms with Crippen molar-refractivity contribution in [2.75, 3.05) is 19.6 Å². The number of carbonyl (C=O) groups is 2. The standard InChI is InChI=1S/C16H23N3O2.ClH/c1-12(10-17)16(21)18-14(13-6-3-2-4-7-13)11-19-9-5-8-15(19)20;/h2-4,6-7,12,14H,5,8-11,17H2,1H3,(H,18,21);1H. The fourth-order valence-corrected chi connectivity index (χ4v) is 2.46. The normalized spacial score (nSPS) is 16.8. The smallest absolute Gasteiger partial charge is 0.224 e. The summed E-state index contributed by atoms with van der Waals surface area (Å²) >= 11 is 0. The molecule has 0 aromatic heterocycles. The molecule has 1 aliphatic rings. The van der Waals surface area contributed by atoms with Crippen molar-refractivity contribution in [1.82, 2.24) is 10.2 Å². The van der Waals surface area contributed by atoms with E-state index < -0.39 is 0 Å². The molecule has 5 nitrogen and oxygen atoms in total. The van der Waals surface area contributed by atoms with E-state index in [1.165, 1.54) is 0 Å². The lowest BCUT2D eigenvalue weighted by Crippen LogP contribution is -2.41. The maximum absolute atomic E-state index is 12.1. The Morgan fingerprint density at radius 2 is 2.05 bits per heavy atom. The lowest BCUT2D eigenvalue weighted by Gasteiger charge is -2.26. The van der Waals surface area contributed by atoms with E-state index in [0.29, 0.717) is 19.5 Å². The van der Waals surface area contributed by atoms with Gasteiger partial charge < -0.3 is 16.0 Å². The van der Waals surface area contributed by atoms with Crippen LogP contribution in [-0.2, 0) is 9.59 Å². The number of benzene rings is 1. The summed E-state index contributed by atoms with van der Waals surface area (Å²) in [5, 5.41) is 3.02. The van der Waals surface area contributed by atoms with Gasteiger partial charge >= 0.3 is 0 Å². The van der Waals surface area contributed by atoms with E-state index in [2.05, 4.69) is 5.32 Å². The van der Waals surface area contributed by atoms with E-state index in [-0.39, 0.29) is 36.2 Å². The van der Waals surface area contributed by atoms with Crippen molar-refractivity contribution in [2.24, 2.45) is 11.7 Å². The molecule has 0 saturated carbocycles. The fraction of sp³-hybridized carbons (Fsp3) is 0.500. The summed E-state index contributed by atoms with van der Waals surface area (Å²) in [7, 11) is 0. The number of nitrogens with zero attached hydrogens (tertiary/aromatic N) is 1. The predicted molar refractivity (Wildman–Crippen MR) is 88.6 cm³/mol. The number of halogens is 1. The first kappa shape index (κ1) is 18.5. The van der Waals surface area contributed by atoms with Gasteiger partial charge in [-0.2, -0.15) is 0 Å². The summed E-state index contributed by atoms with van der Waals surface area (Å²) in [6.07, 6.45) is 1.50. The second-order valence-corrected chi connectivity index (χ2v) is 5.55. The van der Waals surface area contributed by atoms with Crippen LogP contribution in [0.15, 0.2) is 30.3 Å². The molecule has 2 unspecified atom stereocenters. The molecule has 1 aromatic rings. The van der Waals surface area contributed by atoms with Crippen LogP contribution in [0.1, 0.15) is 31.4 Å². The molecule has 0 spiro atoms. The Hall–Kier alpha value is -1.59. The second-order valence-electron chi connectivity index (χ2n) is 5.55. The van der Waals surface area contributed by atoms with Crippen LogP contribution < -0.4 is 11.1 Å². The van der Waals surface area contributed by atoms with E-state index in [4.69, 9.17) is 5.73 Å². The van der Waals surface area contributed by atoms with Crippen LogP contribution >= 0.6 is 12.4 Å². The summed E-state index contributed by atoms with van der Waals surface area (Å²) < 4.78 is 0. The molecule has 0 bridgehead atoms. The summed E-state index contributed by atoms with van der Waals surface area (Å²) in [5.74, 6) is -0.138. The van der Waals surface area contributed by atoms with Gasteiger partial charge in [-0.25, -0.2) is 0 Å². The van der Waals surface area contributed by atoms with Crippen LogP contribution in [0.25, 0.3) is 0 Å². The SMILES string of the molecule is CC(CN)C(=O)NC(CN1CCCC1=O)c1ccccc1.Cl. The zero-order chi connectivity index (χ0) is 15.2. The van der Waals surface area contributed by atoms with Crippen molar-refractivity contribution < 1.29 is 9.59 Å². The molecule has 0 aliphatic carbocycles. The van der Waals surface area contributed by atoms with Crippen molar-refractivity contribution >= 4 is 24.2 Å². The average Bonchev–Trinajstić information content (AvgIpc) is 2.91. The fourth-order valence-electron chi connectivity index (χ4n) is 2.46. The number of hydrogen-bond donors (Lipinski definition) is 2. The third kappa shape index (κ3) is 4.71. The molecule has 22 heavy (non-hydrogen) atoms. The average molecular weight is 326 g/mol. The Balaban J connectivity index is 0.00000242. The molecule has 2 amide bonds. The highest BCUT2D eigenvalue weighted by Crippen LogP contribution is 2.19. The Morgan fingerprint density at radius 3 is 2.59 bits per heavy atom. The largest absolute Gasteiger partial charge is 0.347 e. The first-order valence-electron chi connectivity index (χ1n) is 7.45. The number of rotatable bonds is 6. The predicted octanol–water partition coefficient (Wildman–Crippen LogP) is 1.48. The number of amides is 2. The highest BCUT2D eigenvalue weighted by atomic mass is 35.5. The minimum Gasteiger partial charge on any atom is -0.347 e. The highest BCUT2D eigenvalue weighted by Gasteiger charge is 2.26. The van der Waals surface area contributed by atoms with Crippen LogP contribution in [-0.4, -0.2) is 36.3 Å². The lowest BCUT2D eigenvalue weighted by molar-refractivity contribution is -0.129. The van der Waals surface area contributed by atoms with Gasteiger partial charge in [0.2, 0.25) is 11.8 Å². The lowest BCUT2D eigenvalue weighted by atomic mass is 10.0. The van der Waals surface area contributed by atoms with E-state index in [0.717, 1.165) is 18.5 Å². The van der Waals surface area contributed by atoms with Gasteiger partial charge in [0.05, 0.1) is 6.04 Å². The monoisotopic (exact) mass is 325 g/mol. The summed E-state index contributed by atoms with van der Waals surface area (Å²) in [6.45, 7) is 3.41. The van der Waals surface area contributed by atoms with Crippen molar-refractivity contribution in [3.05, 3.63) is 35.9 Å². The molecule has 1 heterocycles. The van der Waals surface area contributed by atoms with E-state index in [1.54, 1.807) is 6.92 Å². The number of nitrogens with two attached hydrogens (primary N) is 1. The Labute approximate surface area is 137 Å². The maximum Gasteiger partial charge on any atom is 0.224 e. The molecule has 1 fully saturated rings. The first-order valence-corrected chi connectivity index (χ1v) is 7.45. The van der Waals surface area contributed by atoms with Crippen LogP contribution in [0.2, 0.25) is 0 Å². The van der Waals surface area contributed by atoms with Crippen LogP contribution in [0.5, 0.6) is 0 Å². The Morgan fingerprint density at radius 1 is 1.36 bits per heavy atom. The molecular weight excluding hydrogens is 302 g/mol. The van der Waals surface area contributed by atoms with Gasteiger partial charge in [0.15, 0.2) is 0 Å². The first-order chi connectivity index (χ1) is 10.1. The number of nitrogens with one attached hydrogen (secondary N) is 1. The molecule has 3 N–H and O–H groups in total. The molecule has 1 aromatic carbocycles. The summed E-state index contributed by atoms with van der Waals surface area (Å²) in [6, 6.07) is 9.57.